The van der Waals surface area contributed by atoms with Crippen LogP contribution in [0, 0.1) is 13.8 Å². The molecule has 0 bridgehead atoms. The summed E-state index contributed by atoms with van der Waals surface area (Å²) in [6.45, 7) is 5.07. The summed E-state index contributed by atoms with van der Waals surface area (Å²) in [6.07, 6.45) is 0.868. The van der Waals surface area contributed by atoms with E-state index in [4.69, 9.17) is 0 Å². The Labute approximate surface area is 106 Å². The van der Waals surface area contributed by atoms with Crippen LogP contribution in [-0.2, 0) is 11.2 Å². The van der Waals surface area contributed by atoms with Gasteiger partial charge in [-0.1, -0.05) is 0 Å². The van der Waals surface area contributed by atoms with Gasteiger partial charge in [-0.05, 0) is 20.9 Å². The van der Waals surface area contributed by atoms with E-state index in [0.29, 0.717) is 13.1 Å². The molecule has 0 fully saturated rings. The normalized spacial score (nSPS) is 9.69. The highest BCUT2D eigenvalue weighted by Gasteiger charge is 2.05. The standard InChI is InChI=1S/C10H17N3OS.ClH/c1-7-9(15-8(2)13-7)4-5-12-10(14)6-11-3;/h11H,4-6H2,1-3H3,(H,12,14);1H. The van der Waals surface area contributed by atoms with Gasteiger partial charge in [0.15, 0.2) is 0 Å². The van der Waals surface area contributed by atoms with Gasteiger partial charge >= 0.3 is 0 Å². The number of thiazole rings is 1. The summed E-state index contributed by atoms with van der Waals surface area (Å²) in [4.78, 5) is 16.7. The molecule has 6 heteroatoms. The molecule has 1 aromatic heterocycles. The van der Waals surface area contributed by atoms with E-state index in [9.17, 15) is 4.79 Å². The molecule has 0 atom stereocenters. The zero-order valence-corrected chi connectivity index (χ0v) is 11.4. The summed E-state index contributed by atoms with van der Waals surface area (Å²) in [5.74, 6) is 0.0383. The maximum Gasteiger partial charge on any atom is 0.233 e. The molecular formula is C10H18ClN3OS. The second-order valence-corrected chi connectivity index (χ2v) is 4.66. The number of rotatable bonds is 5. The highest BCUT2D eigenvalue weighted by molar-refractivity contribution is 7.11. The number of aryl methyl sites for hydroxylation is 2. The van der Waals surface area contributed by atoms with Crippen molar-refractivity contribution in [3.63, 3.8) is 0 Å². The van der Waals surface area contributed by atoms with Crippen LogP contribution in [-0.4, -0.2) is 31.0 Å². The van der Waals surface area contributed by atoms with Gasteiger partial charge in [0.2, 0.25) is 5.91 Å². The fourth-order valence-corrected chi connectivity index (χ4v) is 2.28. The summed E-state index contributed by atoms with van der Waals surface area (Å²) in [5, 5.41) is 6.74. The van der Waals surface area contributed by atoms with Gasteiger partial charge in [0, 0.05) is 17.8 Å². The molecule has 0 aliphatic rings. The molecule has 0 radical (unpaired) electrons. The minimum atomic E-state index is 0. The Morgan fingerprint density at radius 1 is 1.44 bits per heavy atom. The Hall–Kier alpha value is -0.650. The van der Waals surface area contributed by atoms with Gasteiger partial charge in [-0.25, -0.2) is 4.98 Å². The van der Waals surface area contributed by atoms with E-state index in [0.717, 1.165) is 17.1 Å². The second-order valence-electron chi connectivity index (χ2n) is 3.37. The lowest BCUT2D eigenvalue weighted by molar-refractivity contribution is -0.120. The predicted octanol–water partition coefficient (Wildman–Crippen LogP) is 1.06. The average Bonchev–Trinajstić information content (AvgIpc) is 2.46. The number of hydrogen-bond donors (Lipinski definition) is 2. The van der Waals surface area contributed by atoms with Gasteiger partial charge < -0.3 is 10.6 Å². The minimum Gasteiger partial charge on any atom is -0.355 e. The molecule has 1 rings (SSSR count). The van der Waals surface area contributed by atoms with Crippen LogP contribution in [0.2, 0.25) is 0 Å². The second kappa shape index (κ2) is 7.60. The van der Waals surface area contributed by atoms with Gasteiger partial charge in [-0.15, -0.1) is 23.7 Å². The van der Waals surface area contributed by atoms with Crippen molar-refractivity contribution in [2.75, 3.05) is 20.1 Å². The molecule has 0 saturated heterocycles. The first kappa shape index (κ1) is 15.3. The van der Waals surface area contributed by atoms with Crippen molar-refractivity contribution in [1.29, 1.82) is 0 Å². The Balaban J connectivity index is 0.00000225. The maximum absolute atomic E-state index is 11.1. The van der Waals surface area contributed by atoms with Crippen molar-refractivity contribution in [2.24, 2.45) is 0 Å². The smallest absolute Gasteiger partial charge is 0.233 e. The van der Waals surface area contributed by atoms with E-state index in [1.54, 1.807) is 18.4 Å². The molecule has 1 amide bonds. The summed E-state index contributed by atoms with van der Waals surface area (Å²) in [7, 11) is 1.76. The SMILES string of the molecule is CNCC(=O)NCCc1sc(C)nc1C.Cl. The summed E-state index contributed by atoms with van der Waals surface area (Å²) < 4.78 is 0. The van der Waals surface area contributed by atoms with E-state index in [1.807, 2.05) is 13.8 Å². The lowest BCUT2D eigenvalue weighted by Gasteiger charge is -2.03. The molecule has 1 heterocycles. The lowest BCUT2D eigenvalue weighted by atomic mass is 10.3. The van der Waals surface area contributed by atoms with Gasteiger partial charge in [-0.2, -0.15) is 0 Å². The molecular weight excluding hydrogens is 246 g/mol. The molecule has 0 unspecified atom stereocenters. The zero-order chi connectivity index (χ0) is 11.3. The Morgan fingerprint density at radius 2 is 2.12 bits per heavy atom. The van der Waals surface area contributed by atoms with Gasteiger partial charge in [-0.3, -0.25) is 4.79 Å². The van der Waals surface area contributed by atoms with Crippen LogP contribution in [0.1, 0.15) is 15.6 Å². The van der Waals surface area contributed by atoms with Crippen LogP contribution < -0.4 is 10.6 Å². The van der Waals surface area contributed by atoms with E-state index in [-0.39, 0.29) is 18.3 Å². The molecule has 1 aromatic rings. The number of nitrogens with one attached hydrogen (secondary N) is 2. The molecule has 16 heavy (non-hydrogen) atoms. The Bertz CT molecular complexity index is 341. The van der Waals surface area contributed by atoms with Crippen molar-refractivity contribution >= 4 is 29.7 Å². The van der Waals surface area contributed by atoms with Crippen molar-refractivity contribution in [2.45, 2.75) is 20.3 Å². The van der Waals surface area contributed by atoms with Crippen molar-refractivity contribution in [3.05, 3.63) is 15.6 Å². The molecule has 0 aliphatic carbocycles. The molecule has 4 nitrogen and oxygen atoms in total. The average molecular weight is 264 g/mol. The highest BCUT2D eigenvalue weighted by Crippen LogP contribution is 2.16. The third-order valence-corrected chi connectivity index (χ3v) is 3.14. The molecule has 92 valence electrons. The van der Waals surface area contributed by atoms with E-state index in [1.165, 1.54) is 4.88 Å². The van der Waals surface area contributed by atoms with Crippen molar-refractivity contribution in [1.82, 2.24) is 15.6 Å². The first-order valence-corrected chi connectivity index (χ1v) is 5.79. The quantitative estimate of drug-likeness (QED) is 0.835. The topological polar surface area (TPSA) is 54.0 Å². The van der Waals surface area contributed by atoms with Crippen LogP contribution in [0.15, 0.2) is 0 Å². The number of carbonyl (C=O) groups excluding carboxylic acids is 1. The third kappa shape index (κ3) is 4.92. The van der Waals surface area contributed by atoms with Gasteiger partial charge in [0.25, 0.3) is 0 Å². The molecule has 0 aromatic carbocycles. The largest absolute Gasteiger partial charge is 0.355 e. The number of amides is 1. The van der Waals surface area contributed by atoms with Crippen LogP contribution in [0.3, 0.4) is 0 Å². The minimum absolute atomic E-state index is 0. The summed E-state index contributed by atoms with van der Waals surface area (Å²) >= 11 is 1.70. The van der Waals surface area contributed by atoms with E-state index >= 15 is 0 Å². The molecule has 0 aliphatic heterocycles. The maximum atomic E-state index is 11.1. The number of halogens is 1. The van der Waals surface area contributed by atoms with Gasteiger partial charge in [0.05, 0.1) is 17.2 Å². The molecule has 2 N–H and O–H groups in total. The zero-order valence-electron chi connectivity index (χ0n) is 9.79. The Morgan fingerprint density at radius 3 is 2.62 bits per heavy atom. The first-order chi connectivity index (χ1) is 7.13. The fourth-order valence-electron chi connectivity index (χ4n) is 1.34. The molecule has 0 spiro atoms. The fraction of sp³-hybridized carbons (Fsp3) is 0.600. The van der Waals surface area contributed by atoms with Gasteiger partial charge in [0.1, 0.15) is 0 Å². The van der Waals surface area contributed by atoms with Crippen molar-refractivity contribution in [3.8, 4) is 0 Å². The Kier molecular flexibility index (Phi) is 7.29. The number of hydrogen-bond acceptors (Lipinski definition) is 4. The van der Waals surface area contributed by atoms with Crippen LogP contribution in [0.4, 0.5) is 0 Å². The number of carbonyl (C=O) groups is 1. The highest BCUT2D eigenvalue weighted by atomic mass is 35.5. The summed E-state index contributed by atoms with van der Waals surface area (Å²) in [6, 6.07) is 0. The molecule has 0 saturated carbocycles. The van der Waals surface area contributed by atoms with E-state index < -0.39 is 0 Å². The lowest BCUT2D eigenvalue weighted by Crippen LogP contribution is -2.33. The number of nitrogens with zero attached hydrogens (tertiary/aromatic N) is 1. The van der Waals surface area contributed by atoms with Crippen LogP contribution >= 0.6 is 23.7 Å². The predicted molar refractivity (Wildman–Crippen MR) is 69.5 cm³/mol. The summed E-state index contributed by atoms with van der Waals surface area (Å²) in [5.41, 5.74) is 1.08. The number of aromatic nitrogens is 1. The van der Waals surface area contributed by atoms with Crippen LogP contribution in [0.5, 0.6) is 0 Å². The monoisotopic (exact) mass is 263 g/mol. The first-order valence-electron chi connectivity index (χ1n) is 4.97. The van der Waals surface area contributed by atoms with Crippen LogP contribution in [0.25, 0.3) is 0 Å². The third-order valence-electron chi connectivity index (χ3n) is 2.01. The van der Waals surface area contributed by atoms with E-state index in [2.05, 4.69) is 15.6 Å². The van der Waals surface area contributed by atoms with Crippen molar-refractivity contribution < 1.29 is 4.79 Å². The number of likely N-dealkylation sites (N-methyl/N-ethyl adjacent to an activating group) is 1.